The molecule has 0 aromatic carbocycles. The van der Waals surface area contributed by atoms with Gasteiger partial charge in [-0.15, -0.1) is 0 Å². The first-order chi connectivity index (χ1) is 28.3. The zero-order chi connectivity index (χ0) is 46.2. The second kappa shape index (κ2) is 24.7. The number of imidazole rings is 1. The van der Waals surface area contributed by atoms with E-state index in [9.17, 15) is 62.7 Å². The van der Waals surface area contributed by atoms with Crippen molar-refractivity contribution in [2.75, 3.05) is 51.0 Å². The normalized spacial score (nSPS) is 20.5. The third-order valence-electron chi connectivity index (χ3n) is 7.85. The molecule has 0 spiro atoms. The van der Waals surface area contributed by atoms with Gasteiger partial charge in [-0.3, -0.25) is 37.3 Å². The Labute approximate surface area is 351 Å². The summed E-state index contributed by atoms with van der Waals surface area (Å²) in [5.74, 6) is -2.05. The molecule has 61 heavy (non-hydrogen) atoms. The van der Waals surface area contributed by atoms with E-state index in [1.807, 2.05) is 0 Å². The molecule has 1 saturated heterocycles. The van der Waals surface area contributed by atoms with Crippen LogP contribution in [0.15, 0.2) is 12.7 Å². The number of nitrogens with zero attached hydrogens (tertiary/aromatic N) is 4. The number of aliphatic carboxylic acids is 1. The molecule has 32 heteroatoms. The van der Waals surface area contributed by atoms with E-state index in [0.717, 1.165) is 29.0 Å². The number of thioether (sulfide) groups is 1. The Morgan fingerprint density at radius 3 is 2.21 bits per heavy atom. The fourth-order valence-corrected chi connectivity index (χ4v) is 8.37. The van der Waals surface area contributed by atoms with Gasteiger partial charge in [0.1, 0.15) is 36.3 Å². The minimum Gasteiger partial charge on any atom is -0.481 e. The predicted octanol–water partition coefficient (Wildman–Crippen LogP) is -1.72. The number of nitrogens with two attached hydrogens (primary N) is 1. The summed E-state index contributed by atoms with van der Waals surface area (Å²) in [6, 6.07) is 0. The first kappa shape index (κ1) is 54.1. The maximum atomic E-state index is 12.6. The van der Waals surface area contributed by atoms with Crippen molar-refractivity contribution >= 4 is 75.1 Å². The van der Waals surface area contributed by atoms with E-state index in [1.54, 1.807) is 0 Å². The predicted molar refractivity (Wildman–Crippen MR) is 207 cm³/mol. The summed E-state index contributed by atoms with van der Waals surface area (Å²) in [4.78, 5) is 96.5. The molecule has 0 bridgehead atoms. The number of amides is 2. The number of anilines is 1. The summed E-state index contributed by atoms with van der Waals surface area (Å²) >= 11 is 0.999. The summed E-state index contributed by atoms with van der Waals surface area (Å²) in [5, 5.41) is 50.8. The molecule has 2 aromatic heterocycles. The summed E-state index contributed by atoms with van der Waals surface area (Å²) < 4.78 is 61.9. The van der Waals surface area contributed by atoms with Crippen molar-refractivity contribution < 1.29 is 101 Å². The average molecular weight is 958 g/mol. The number of aliphatic hydroxyl groups is 4. The van der Waals surface area contributed by atoms with Crippen molar-refractivity contribution in [3.8, 4) is 0 Å². The highest BCUT2D eigenvalue weighted by Gasteiger charge is 2.50. The monoisotopic (exact) mass is 957 g/mol. The molecular formula is C29H50N7O21P3S. The highest BCUT2D eigenvalue weighted by molar-refractivity contribution is 8.13. The first-order valence-electron chi connectivity index (χ1n) is 17.8. The SMILES string of the molecule is CC(C)(COP(=O)(O)OP(=O)(O)OC[C@H]1O[C@@H](n2cnc3c(N)ncnc32)[C@H](O)[C@@H]1OP(=O)(O)O)[C@@H](O)C(=O)NCCC(=O)NCCSC(=O)CCCO.O=C(O)CCCO. The highest BCUT2D eigenvalue weighted by atomic mass is 32.2. The molecule has 2 unspecified atom stereocenters. The molecule has 2 amide bonds. The van der Waals surface area contributed by atoms with Gasteiger partial charge < -0.3 is 66.2 Å². The molecule has 1 aliphatic rings. The van der Waals surface area contributed by atoms with Gasteiger partial charge in [0.15, 0.2) is 22.8 Å². The lowest BCUT2D eigenvalue weighted by atomic mass is 9.87. The summed E-state index contributed by atoms with van der Waals surface area (Å²) in [7, 11) is -16.4. The van der Waals surface area contributed by atoms with Crippen LogP contribution in [0.4, 0.5) is 5.82 Å². The van der Waals surface area contributed by atoms with Crippen LogP contribution in [0.2, 0.25) is 0 Å². The number of nitrogen functional groups attached to an aromatic ring is 1. The number of hydrogen-bond acceptors (Lipinski definition) is 21. The third-order valence-corrected chi connectivity index (χ3v) is 11.9. The van der Waals surface area contributed by atoms with Crippen LogP contribution < -0.4 is 16.4 Å². The van der Waals surface area contributed by atoms with Crippen LogP contribution in [0.25, 0.3) is 11.2 Å². The standard InChI is InChI=1S/C25H42N7O18P3S.C4H8O3/c1-25(2,20(37)23(38)28-6-5-15(34)27-7-9-54-16(35)4-3-8-33)11-47-53(44,45)50-52(42,43)46-10-14-19(49-51(39,40)41)18(36)24(48-14)32-13-31-17-21(26)29-12-30-22(17)32;5-3-1-2-4(6)7/h12-14,18-20,24,33,36-37H,3-11H2,1-2H3,(H,27,34)(H,28,38)(H,42,43)(H,44,45)(H2,26,29,30)(H2,39,40,41);5H,1-3H2,(H,6,7)/t14-,18-,19-,20+,24-;/m1./s1. The lowest BCUT2D eigenvalue weighted by Gasteiger charge is -2.30. The Hall–Kier alpha value is -3.05. The minimum atomic E-state index is -5.57. The van der Waals surface area contributed by atoms with Gasteiger partial charge in [-0.1, -0.05) is 25.6 Å². The number of hydrogen-bond donors (Lipinski definition) is 12. The fourth-order valence-electron chi connectivity index (χ4n) is 4.82. The number of phosphoric ester groups is 3. The zero-order valence-electron chi connectivity index (χ0n) is 32.6. The Bertz CT molecular complexity index is 1920. The number of aliphatic hydroxyl groups excluding tert-OH is 4. The second-order valence-corrected chi connectivity index (χ2v) is 18.7. The molecule has 0 radical (unpaired) electrons. The molecule has 13 N–H and O–H groups in total. The van der Waals surface area contributed by atoms with Gasteiger partial charge in [0, 0.05) is 56.7 Å². The maximum absolute atomic E-state index is 12.6. The Morgan fingerprint density at radius 2 is 1.61 bits per heavy atom. The summed E-state index contributed by atoms with van der Waals surface area (Å²) in [5.41, 5.74) is 4.24. The summed E-state index contributed by atoms with van der Waals surface area (Å²) in [6.07, 6.45) is -5.99. The van der Waals surface area contributed by atoms with Gasteiger partial charge in [0.25, 0.3) is 0 Å². The van der Waals surface area contributed by atoms with Gasteiger partial charge in [-0.2, -0.15) is 4.31 Å². The number of carboxylic acids is 1. The van der Waals surface area contributed by atoms with E-state index in [0.29, 0.717) is 18.6 Å². The molecule has 7 atom stereocenters. The largest absolute Gasteiger partial charge is 0.481 e. The smallest absolute Gasteiger partial charge is 0.481 e. The van der Waals surface area contributed by atoms with Gasteiger partial charge >= 0.3 is 29.4 Å². The average Bonchev–Trinajstić information content (AvgIpc) is 3.73. The topological polar surface area (TPSA) is 441 Å². The van der Waals surface area contributed by atoms with Crippen LogP contribution >= 0.6 is 35.2 Å². The minimum absolute atomic E-state index is 0.0267. The summed E-state index contributed by atoms with van der Waals surface area (Å²) in [6.45, 7) is 0.268. The van der Waals surface area contributed by atoms with Gasteiger partial charge in [0.2, 0.25) is 11.8 Å². The number of carbonyl (C=O) groups excluding carboxylic acids is 3. The molecule has 0 aliphatic carbocycles. The molecule has 3 heterocycles. The van der Waals surface area contributed by atoms with Gasteiger partial charge in [-0.05, 0) is 12.8 Å². The van der Waals surface area contributed by atoms with E-state index in [-0.39, 0.29) is 67.7 Å². The lowest BCUT2D eigenvalue weighted by molar-refractivity contribution is -0.138. The fraction of sp³-hybridized carbons (Fsp3) is 0.690. The van der Waals surface area contributed by atoms with E-state index < -0.39 is 90.5 Å². The lowest BCUT2D eigenvalue weighted by Crippen LogP contribution is -2.46. The van der Waals surface area contributed by atoms with Gasteiger partial charge in [-0.25, -0.2) is 28.6 Å². The van der Waals surface area contributed by atoms with Crippen LogP contribution in [-0.2, 0) is 55.5 Å². The number of ether oxygens (including phenoxy) is 1. The maximum Gasteiger partial charge on any atom is 0.481 e. The highest BCUT2D eigenvalue weighted by Crippen LogP contribution is 2.61. The number of rotatable bonds is 25. The van der Waals surface area contributed by atoms with E-state index in [4.69, 9.17) is 34.8 Å². The van der Waals surface area contributed by atoms with Crippen molar-refractivity contribution in [3.63, 3.8) is 0 Å². The molecule has 28 nitrogen and oxygen atoms in total. The molecular weight excluding hydrogens is 907 g/mol. The van der Waals surface area contributed by atoms with Crippen LogP contribution in [-0.4, -0.2) is 157 Å². The van der Waals surface area contributed by atoms with Crippen molar-refractivity contribution in [2.24, 2.45) is 5.41 Å². The van der Waals surface area contributed by atoms with E-state index in [2.05, 4.69) is 34.4 Å². The molecule has 1 aliphatic heterocycles. The third kappa shape index (κ3) is 19.1. The van der Waals surface area contributed by atoms with Crippen molar-refractivity contribution in [2.45, 2.75) is 76.6 Å². The molecule has 0 saturated carbocycles. The number of aromatic nitrogens is 4. The molecule has 3 rings (SSSR count). The van der Waals surface area contributed by atoms with E-state index in [1.165, 1.54) is 13.8 Å². The Kier molecular flexibility index (Phi) is 21.9. The van der Waals surface area contributed by atoms with Crippen LogP contribution in [0.3, 0.4) is 0 Å². The first-order valence-corrected chi connectivity index (χ1v) is 23.3. The number of carbonyl (C=O) groups is 4. The molecule has 348 valence electrons. The van der Waals surface area contributed by atoms with Gasteiger partial charge in [0.05, 0.1) is 19.5 Å². The van der Waals surface area contributed by atoms with Crippen LogP contribution in [0.5, 0.6) is 0 Å². The van der Waals surface area contributed by atoms with Crippen LogP contribution in [0.1, 0.15) is 52.2 Å². The van der Waals surface area contributed by atoms with Crippen LogP contribution in [0, 0.1) is 5.41 Å². The number of carboxylic acid groups (broad SMARTS) is 1. The number of fused-ring (bicyclic) bond motifs is 1. The molecule has 1 fully saturated rings. The quantitative estimate of drug-likeness (QED) is 0.0389. The van der Waals surface area contributed by atoms with Crippen molar-refractivity contribution in [1.29, 1.82) is 0 Å². The number of phosphoric acid groups is 3. The number of nitrogens with one attached hydrogen (secondary N) is 2. The van der Waals surface area contributed by atoms with Crippen molar-refractivity contribution in [1.82, 2.24) is 30.2 Å². The second-order valence-electron chi connectivity index (χ2n) is 13.3. The Balaban J connectivity index is 0.00000168. The van der Waals surface area contributed by atoms with E-state index >= 15 is 0 Å². The zero-order valence-corrected chi connectivity index (χ0v) is 36.1. The Morgan fingerprint density at radius 1 is 0.967 bits per heavy atom. The molecule has 2 aromatic rings. The van der Waals surface area contributed by atoms with Crippen molar-refractivity contribution in [3.05, 3.63) is 12.7 Å².